The van der Waals surface area contributed by atoms with Gasteiger partial charge >= 0.3 is 0 Å². The second-order valence-corrected chi connectivity index (χ2v) is 4.14. The highest BCUT2D eigenvalue weighted by Gasteiger charge is 2.04. The quantitative estimate of drug-likeness (QED) is 0.848. The summed E-state index contributed by atoms with van der Waals surface area (Å²) in [5.41, 5.74) is 7.72. The molecule has 0 radical (unpaired) electrons. The van der Waals surface area contributed by atoms with E-state index in [0.29, 0.717) is 13.2 Å². The number of nitrogens with zero attached hydrogens (tertiary/aromatic N) is 2. The molecule has 4 heteroatoms. The summed E-state index contributed by atoms with van der Waals surface area (Å²) >= 11 is 0. The lowest BCUT2D eigenvalue weighted by atomic mass is 10.2. The van der Waals surface area contributed by atoms with E-state index in [-0.39, 0.29) is 0 Å². The molecule has 0 aliphatic heterocycles. The Labute approximate surface area is 107 Å². The van der Waals surface area contributed by atoms with Crippen LogP contribution in [0.3, 0.4) is 0 Å². The van der Waals surface area contributed by atoms with Gasteiger partial charge in [-0.3, -0.25) is 0 Å². The summed E-state index contributed by atoms with van der Waals surface area (Å²) in [6.45, 7) is 3.23. The largest absolute Gasteiger partial charge is 0.492 e. The topological polar surface area (TPSA) is 53.1 Å². The average molecular weight is 245 g/mol. The van der Waals surface area contributed by atoms with Crippen LogP contribution in [0, 0.1) is 0 Å². The van der Waals surface area contributed by atoms with Crippen LogP contribution in [0.15, 0.2) is 36.8 Å². The van der Waals surface area contributed by atoms with Crippen LogP contribution in [0.25, 0.3) is 5.69 Å². The van der Waals surface area contributed by atoms with Crippen LogP contribution in [0.1, 0.15) is 19.0 Å². The minimum Gasteiger partial charge on any atom is -0.492 e. The molecule has 2 rings (SSSR count). The van der Waals surface area contributed by atoms with E-state index >= 15 is 0 Å². The van der Waals surface area contributed by atoms with Crippen molar-refractivity contribution in [3.63, 3.8) is 0 Å². The summed E-state index contributed by atoms with van der Waals surface area (Å²) in [6.07, 6.45) is 5.88. The first kappa shape index (κ1) is 12.6. The molecular weight excluding hydrogens is 226 g/mol. The van der Waals surface area contributed by atoms with E-state index < -0.39 is 0 Å². The Kier molecular flexibility index (Phi) is 4.36. The Hall–Kier alpha value is -1.81. The van der Waals surface area contributed by atoms with Gasteiger partial charge in [0, 0.05) is 24.5 Å². The second-order valence-electron chi connectivity index (χ2n) is 4.14. The summed E-state index contributed by atoms with van der Waals surface area (Å²) in [6, 6.07) is 7.99. The molecule has 0 aliphatic rings. The van der Waals surface area contributed by atoms with Crippen LogP contribution in [0.2, 0.25) is 0 Å². The van der Waals surface area contributed by atoms with Crippen molar-refractivity contribution >= 4 is 0 Å². The van der Waals surface area contributed by atoms with E-state index in [0.717, 1.165) is 24.3 Å². The van der Waals surface area contributed by atoms with Crippen LogP contribution >= 0.6 is 0 Å². The Morgan fingerprint density at radius 2 is 2.28 bits per heavy atom. The minimum absolute atomic E-state index is 0.524. The van der Waals surface area contributed by atoms with E-state index in [2.05, 4.69) is 22.5 Å². The number of rotatable bonds is 6. The predicted octanol–water partition coefficient (Wildman–Crippen LogP) is 2.16. The molecule has 0 unspecified atom stereocenters. The smallest absolute Gasteiger partial charge is 0.121 e. The molecule has 0 fully saturated rings. The molecule has 2 aromatic rings. The number of ether oxygens (including phenoxy) is 1. The van der Waals surface area contributed by atoms with Crippen molar-refractivity contribution in [1.82, 2.24) is 9.55 Å². The zero-order chi connectivity index (χ0) is 12.8. The molecule has 2 N–H and O–H groups in total. The summed E-state index contributed by atoms with van der Waals surface area (Å²) < 4.78 is 7.63. The normalized spacial score (nSPS) is 10.6. The zero-order valence-corrected chi connectivity index (χ0v) is 10.7. The fourth-order valence-electron chi connectivity index (χ4n) is 1.90. The average Bonchev–Trinajstić information content (AvgIpc) is 2.85. The van der Waals surface area contributed by atoms with Crippen LogP contribution < -0.4 is 10.5 Å². The van der Waals surface area contributed by atoms with Crippen molar-refractivity contribution in [2.45, 2.75) is 19.8 Å². The third-order valence-corrected chi connectivity index (χ3v) is 2.70. The van der Waals surface area contributed by atoms with Crippen LogP contribution in [0.4, 0.5) is 0 Å². The molecule has 1 aromatic heterocycles. The van der Waals surface area contributed by atoms with Gasteiger partial charge in [0.05, 0.1) is 12.0 Å². The van der Waals surface area contributed by atoms with Crippen molar-refractivity contribution in [2.24, 2.45) is 5.73 Å². The number of aromatic nitrogens is 2. The summed E-state index contributed by atoms with van der Waals surface area (Å²) in [4.78, 5) is 4.21. The van der Waals surface area contributed by atoms with Gasteiger partial charge in [0.25, 0.3) is 0 Å². The van der Waals surface area contributed by atoms with Gasteiger partial charge < -0.3 is 15.0 Å². The molecule has 1 aromatic carbocycles. The molecule has 1 heterocycles. The van der Waals surface area contributed by atoms with Gasteiger partial charge in [0.1, 0.15) is 12.4 Å². The molecule has 0 spiro atoms. The Bertz CT molecular complexity index is 493. The van der Waals surface area contributed by atoms with Crippen LogP contribution in [-0.2, 0) is 6.42 Å². The maximum Gasteiger partial charge on any atom is 0.121 e. The number of hydrogen-bond acceptors (Lipinski definition) is 3. The summed E-state index contributed by atoms with van der Waals surface area (Å²) in [5, 5.41) is 0. The molecule has 4 nitrogen and oxygen atoms in total. The summed E-state index contributed by atoms with van der Waals surface area (Å²) in [7, 11) is 0. The van der Waals surface area contributed by atoms with Gasteiger partial charge in [-0.15, -0.1) is 0 Å². The van der Waals surface area contributed by atoms with Gasteiger partial charge in [-0.2, -0.15) is 0 Å². The standard InChI is InChI=1S/C14H19N3O/c1-2-4-13-10-16-11-17(13)12-5-3-6-14(9-12)18-8-7-15/h3,5-6,9-11H,2,4,7-8,15H2,1H3. The Balaban J connectivity index is 2.24. The molecule has 18 heavy (non-hydrogen) atoms. The zero-order valence-electron chi connectivity index (χ0n) is 10.7. The van der Waals surface area contributed by atoms with Crippen LogP contribution in [0.5, 0.6) is 5.75 Å². The first-order valence-corrected chi connectivity index (χ1v) is 6.29. The molecule has 0 aliphatic carbocycles. The van der Waals surface area contributed by atoms with Crippen LogP contribution in [-0.4, -0.2) is 22.7 Å². The highest BCUT2D eigenvalue weighted by atomic mass is 16.5. The van der Waals surface area contributed by atoms with E-state index in [4.69, 9.17) is 10.5 Å². The van der Waals surface area contributed by atoms with E-state index in [1.807, 2.05) is 30.7 Å². The Morgan fingerprint density at radius 3 is 3.06 bits per heavy atom. The SMILES string of the molecule is CCCc1cncn1-c1cccc(OCCN)c1. The van der Waals surface area contributed by atoms with Gasteiger partial charge in [0.15, 0.2) is 0 Å². The lowest BCUT2D eigenvalue weighted by molar-refractivity contribution is 0.328. The number of hydrogen-bond donors (Lipinski definition) is 1. The van der Waals surface area contributed by atoms with Crippen molar-refractivity contribution in [1.29, 1.82) is 0 Å². The maximum atomic E-state index is 5.53. The molecule has 0 saturated carbocycles. The third kappa shape index (κ3) is 2.90. The number of benzene rings is 1. The second kappa shape index (κ2) is 6.21. The first-order chi connectivity index (χ1) is 8.85. The van der Waals surface area contributed by atoms with Gasteiger partial charge in [0.2, 0.25) is 0 Å². The van der Waals surface area contributed by atoms with Crippen molar-refractivity contribution in [2.75, 3.05) is 13.2 Å². The van der Waals surface area contributed by atoms with E-state index in [1.54, 1.807) is 0 Å². The molecule has 0 bridgehead atoms. The fourth-order valence-corrected chi connectivity index (χ4v) is 1.90. The highest BCUT2D eigenvalue weighted by Crippen LogP contribution is 2.18. The molecule has 0 amide bonds. The number of nitrogens with two attached hydrogens (primary N) is 1. The monoisotopic (exact) mass is 245 g/mol. The lowest BCUT2D eigenvalue weighted by Gasteiger charge is -2.10. The van der Waals surface area contributed by atoms with Gasteiger partial charge in [-0.1, -0.05) is 19.4 Å². The van der Waals surface area contributed by atoms with Gasteiger partial charge in [-0.25, -0.2) is 4.98 Å². The number of imidazole rings is 1. The first-order valence-electron chi connectivity index (χ1n) is 6.29. The summed E-state index contributed by atoms with van der Waals surface area (Å²) in [5.74, 6) is 0.842. The third-order valence-electron chi connectivity index (χ3n) is 2.70. The van der Waals surface area contributed by atoms with E-state index in [1.165, 1.54) is 5.69 Å². The predicted molar refractivity (Wildman–Crippen MR) is 72.1 cm³/mol. The maximum absolute atomic E-state index is 5.53. The van der Waals surface area contributed by atoms with Crippen molar-refractivity contribution in [3.05, 3.63) is 42.5 Å². The van der Waals surface area contributed by atoms with E-state index in [9.17, 15) is 0 Å². The minimum atomic E-state index is 0.524. The molecule has 96 valence electrons. The van der Waals surface area contributed by atoms with Crippen molar-refractivity contribution < 1.29 is 4.74 Å². The van der Waals surface area contributed by atoms with Gasteiger partial charge in [-0.05, 0) is 18.6 Å². The molecule has 0 saturated heterocycles. The molecule has 0 atom stereocenters. The number of aryl methyl sites for hydroxylation is 1. The fraction of sp³-hybridized carbons (Fsp3) is 0.357. The highest BCUT2D eigenvalue weighted by molar-refractivity contribution is 5.40. The molecular formula is C14H19N3O. The lowest BCUT2D eigenvalue weighted by Crippen LogP contribution is -2.10. The van der Waals surface area contributed by atoms with Crippen molar-refractivity contribution in [3.8, 4) is 11.4 Å². The Morgan fingerprint density at radius 1 is 1.39 bits per heavy atom.